The van der Waals surface area contributed by atoms with E-state index in [4.69, 9.17) is 5.73 Å². The second-order valence-corrected chi connectivity index (χ2v) is 10.2. The van der Waals surface area contributed by atoms with Crippen LogP contribution >= 0.6 is 34.9 Å². The van der Waals surface area contributed by atoms with Gasteiger partial charge in [0.25, 0.3) is 11.8 Å². The molecule has 4 rings (SSSR count). The quantitative estimate of drug-likeness (QED) is 0.191. The second kappa shape index (κ2) is 10.5. The van der Waals surface area contributed by atoms with Gasteiger partial charge < -0.3 is 21.0 Å². The number of aromatic nitrogens is 2. The van der Waals surface area contributed by atoms with E-state index in [-0.39, 0.29) is 22.2 Å². The number of nitrogens with one attached hydrogen (secondary N) is 1. The number of pyridine rings is 1. The monoisotopic (exact) mass is 534 g/mol. The molecular formula is C20H18N6O6S3. The van der Waals surface area contributed by atoms with E-state index in [2.05, 4.69) is 25.3 Å². The third-order valence-electron chi connectivity index (χ3n) is 4.80. The molecule has 2 aromatic heterocycles. The summed E-state index contributed by atoms with van der Waals surface area (Å²) in [5, 5.41) is 16.9. The summed E-state index contributed by atoms with van der Waals surface area (Å²) in [6.45, 7) is 1.12. The van der Waals surface area contributed by atoms with Crippen LogP contribution in [0.25, 0.3) is 0 Å². The first-order valence-corrected chi connectivity index (χ1v) is 12.9. The van der Waals surface area contributed by atoms with Gasteiger partial charge in [0.1, 0.15) is 22.8 Å². The molecular weight excluding hydrogens is 516 g/mol. The van der Waals surface area contributed by atoms with Crippen LogP contribution in [0.15, 0.2) is 45.7 Å². The fraction of sp³-hybridized carbons (Fsp3) is 0.250. The number of amides is 2. The highest BCUT2D eigenvalue weighted by molar-refractivity contribution is 8.05. The van der Waals surface area contributed by atoms with Crippen LogP contribution in [0.2, 0.25) is 0 Å². The summed E-state index contributed by atoms with van der Waals surface area (Å²) in [5.41, 5.74) is 6.19. The number of anilines is 1. The molecule has 0 aromatic carbocycles. The van der Waals surface area contributed by atoms with Gasteiger partial charge in [0.05, 0.1) is 0 Å². The lowest BCUT2D eigenvalue weighted by Crippen LogP contribution is -2.71. The van der Waals surface area contributed by atoms with Crippen molar-refractivity contribution in [3.05, 3.63) is 51.8 Å². The van der Waals surface area contributed by atoms with Crippen LogP contribution in [0.4, 0.5) is 5.13 Å². The Balaban J connectivity index is 1.50. The van der Waals surface area contributed by atoms with Gasteiger partial charge in [0.15, 0.2) is 10.8 Å². The molecule has 0 bridgehead atoms. The summed E-state index contributed by atoms with van der Waals surface area (Å²) in [6.07, 6.45) is 3.34. The van der Waals surface area contributed by atoms with Crippen molar-refractivity contribution >= 4 is 69.5 Å². The van der Waals surface area contributed by atoms with Crippen LogP contribution in [-0.2, 0) is 29.8 Å². The molecule has 0 unspecified atom stereocenters. The molecule has 1 fully saturated rings. The summed E-state index contributed by atoms with van der Waals surface area (Å²) < 4.78 is 0. The highest BCUT2D eigenvalue weighted by Crippen LogP contribution is 2.44. The number of β-lactam (4-membered cyclic amide) rings is 1. The molecule has 182 valence electrons. The number of fused-ring (bicyclic) bond motifs is 1. The van der Waals surface area contributed by atoms with Crippen LogP contribution in [0.5, 0.6) is 0 Å². The van der Waals surface area contributed by atoms with Gasteiger partial charge >= 0.3 is 11.9 Å². The first-order valence-electron chi connectivity index (χ1n) is 9.97. The third kappa shape index (κ3) is 5.31. The average molecular weight is 535 g/mol. The van der Waals surface area contributed by atoms with Gasteiger partial charge in [0.2, 0.25) is 0 Å². The molecule has 2 aliphatic heterocycles. The molecule has 12 nitrogen and oxygen atoms in total. The molecule has 35 heavy (non-hydrogen) atoms. The highest BCUT2D eigenvalue weighted by atomic mass is 32.2. The maximum Gasteiger partial charge on any atom is 0.353 e. The molecule has 0 spiro atoms. The zero-order valence-corrected chi connectivity index (χ0v) is 20.5. The van der Waals surface area contributed by atoms with Gasteiger partial charge in [-0.1, -0.05) is 11.2 Å². The lowest BCUT2D eigenvalue weighted by molar-refractivity contribution is -0.150. The van der Waals surface area contributed by atoms with Gasteiger partial charge in [-0.05, 0) is 11.6 Å². The van der Waals surface area contributed by atoms with Crippen LogP contribution in [0.1, 0.15) is 18.2 Å². The Bertz CT molecular complexity index is 1250. The van der Waals surface area contributed by atoms with Crippen molar-refractivity contribution < 1.29 is 29.1 Å². The fourth-order valence-corrected chi connectivity index (χ4v) is 6.39. The van der Waals surface area contributed by atoms with Crippen molar-refractivity contribution in [2.24, 2.45) is 5.16 Å². The molecule has 4 heterocycles. The zero-order valence-electron chi connectivity index (χ0n) is 18.0. The molecule has 2 aliphatic rings. The number of carboxylic acid groups (broad SMARTS) is 1. The minimum absolute atomic E-state index is 0.0754. The van der Waals surface area contributed by atoms with Crippen LogP contribution in [-0.4, -0.2) is 66.6 Å². The molecule has 1 saturated heterocycles. The predicted molar refractivity (Wildman–Crippen MR) is 130 cm³/mol. The van der Waals surface area contributed by atoms with E-state index in [9.17, 15) is 24.3 Å². The molecule has 0 saturated carbocycles. The van der Waals surface area contributed by atoms with Crippen molar-refractivity contribution in [2.45, 2.75) is 24.1 Å². The number of carboxylic acids is 1. The van der Waals surface area contributed by atoms with Crippen molar-refractivity contribution in [1.82, 2.24) is 20.2 Å². The van der Waals surface area contributed by atoms with E-state index >= 15 is 0 Å². The van der Waals surface area contributed by atoms with Crippen LogP contribution in [0, 0.1) is 0 Å². The number of hydrogen-bond donors (Lipinski definition) is 3. The summed E-state index contributed by atoms with van der Waals surface area (Å²) in [7, 11) is 0. The molecule has 15 heteroatoms. The van der Waals surface area contributed by atoms with Crippen LogP contribution in [0.3, 0.4) is 0 Å². The Morgan fingerprint density at radius 3 is 2.86 bits per heavy atom. The van der Waals surface area contributed by atoms with Crippen molar-refractivity contribution in [3.63, 3.8) is 0 Å². The van der Waals surface area contributed by atoms with E-state index < -0.39 is 35.2 Å². The van der Waals surface area contributed by atoms with E-state index in [1.54, 1.807) is 18.5 Å². The van der Waals surface area contributed by atoms with E-state index in [0.717, 1.165) is 23.8 Å². The Morgan fingerprint density at radius 1 is 1.43 bits per heavy atom. The molecule has 4 N–H and O–H groups in total. The maximum absolute atomic E-state index is 12.9. The lowest BCUT2D eigenvalue weighted by atomic mass is 10.0. The second-order valence-electron chi connectivity index (χ2n) is 7.18. The van der Waals surface area contributed by atoms with Gasteiger partial charge in [0, 0.05) is 41.1 Å². The van der Waals surface area contributed by atoms with Gasteiger partial charge in [-0.2, -0.15) is 0 Å². The van der Waals surface area contributed by atoms with Gasteiger partial charge in [-0.3, -0.25) is 19.5 Å². The Morgan fingerprint density at radius 2 is 2.23 bits per heavy atom. The minimum Gasteiger partial charge on any atom is -0.477 e. The SMILES string of the molecule is CC(=O)O/N=C(\C(=O)N[C@@H]1C(=O)N2C(C(=O)O)=C(SCc3cccnc3)CS[C@H]12)c1csc(N)n1. The molecule has 0 aliphatic carbocycles. The third-order valence-corrected chi connectivity index (χ3v) is 8.10. The topological polar surface area (TPSA) is 177 Å². The summed E-state index contributed by atoms with van der Waals surface area (Å²) in [4.78, 5) is 63.4. The minimum atomic E-state index is -1.22. The number of thioether (sulfide) groups is 2. The number of rotatable bonds is 8. The van der Waals surface area contributed by atoms with Crippen LogP contribution < -0.4 is 11.1 Å². The van der Waals surface area contributed by atoms with E-state index in [1.165, 1.54) is 33.8 Å². The number of thiazole rings is 1. The lowest BCUT2D eigenvalue weighted by Gasteiger charge is -2.49. The Kier molecular flexibility index (Phi) is 7.37. The van der Waals surface area contributed by atoms with Crippen molar-refractivity contribution in [2.75, 3.05) is 11.5 Å². The summed E-state index contributed by atoms with van der Waals surface area (Å²) in [5.74, 6) is -2.51. The predicted octanol–water partition coefficient (Wildman–Crippen LogP) is 1.02. The van der Waals surface area contributed by atoms with Crippen molar-refractivity contribution in [1.29, 1.82) is 0 Å². The highest BCUT2D eigenvalue weighted by Gasteiger charge is 2.54. The fourth-order valence-electron chi connectivity index (χ4n) is 3.28. The number of carbonyl (C=O) groups excluding carboxylic acids is 3. The molecule has 2 aromatic rings. The summed E-state index contributed by atoms with van der Waals surface area (Å²) in [6, 6.07) is 2.68. The number of nitrogens with zero attached hydrogens (tertiary/aromatic N) is 4. The first-order chi connectivity index (χ1) is 16.8. The average Bonchev–Trinajstić information content (AvgIpc) is 3.26. The van der Waals surface area contributed by atoms with Gasteiger partial charge in [-0.25, -0.2) is 14.6 Å². The molecule has 2 amide bonds. The zero-order chi connectivity index (χ0) is 25.1. The molecule has 0 radical (unpaired) electrons. The smallest absolute Gasteiger partial charge is 0.353 e. The van der Waals surface area contributed by atoms with Crippen molar-refractivity contribution in [3.8, 4) is 0 Å². The largest absolute Gasteiger partial charge is 0.477 e. The van der Waals surface area contributed by atoms with Gasteiger partial charge in [-0.15, -0.1) is 34.9 Å². The Hall–Kier alpha value is -3.43. The maximum atomic E-state index is 12.9. The summed E-state index contributed by atoms with van der Waals surface area (Å²) >= 11 is 3.72. The number of nitrogen functional groups attached to an aromatic ring is 1. The number of carbonyl (C=O) groups is 4. The van der Waals surface area contributed by atoms with E-state index in [1.807, 2.05) is 6.07 Å². The Labute approximate surface area is 211 Å². The standard InChI is InChI=1S/C20H18N6O6S3/c1-9(27)32-25-13(11-7-35-20(21)23-11)16(28)24-14-17(29)26-15(19(30)31)12(8-34-18(14)26)33-6-10-3-2-4-22-5-10/h2-5,7,14,18H,6,8H2,1H3,(H2,21,23)(H,24,28)(H,30,31)/b25-13-/t14-,18-/m1/s1. The number of aliphatic carboxylic acids is 1. The number of oxime groups is 1. The first kappa shape index (κ1) is 24.7. The van der Waals surface area contributed by atoms with E-state index in [0.29, 0.717) is 16.4 Å². The molecule has 2 atom stereocenters. The number of nitrogens with two attached hydrogens (primary N) is 1. The number of hydrogen-bond acceptors (Lipinski definition) is 12. The normalized spacial score (nSPS) is 19.6.